The lowest BCUT2D eigenvalue weighted by atomic mass is 9.87. The number of sulfone groups is 1. The lowest BCUT2D eigenvalue weighted by Gasteiger charge is -2.26. The Morgan fingerprint density at radius 2 is 1.88 bits per heavy atom. The molecule has 0 spiro atoms. The van der Waals surface area contributed by atoms with Crippen molar-refractivity contribution in [1.82, 2.24) is 5.32 Å². The minimum absolute atomic E-state index is 0.00845. The average molecular weight is 263 g/mol. The summed E-state index contributed by atoms with van der Waals surface area (Å²) in [5.41, 5.74) is 0.00845. The quantitative estimate of drug-likeness (QED) is 0.640. The van der Waals surface area contributed by atoms with Crippen LogP contribution in [0.2, 0.25) is 0 Å². The molecular weight excluding hydrogens is 238 g/mol. The van der Waals surface area contributed by atoms with Gasteiger partial charge in [0.05, 0.1) is 5.75 Å². The highest BCUT2D eigenvalue weighted by molar-refractivity contribution is 7.91. The fourth-order valence-electron chi connectivity index (χ4n) is 2.51. The van der Waals surface area contributed by atoms with Gasteiger partial charge >= 0.3 is 0 Å². The summed E-state index contributed by atoms with van der Waals surface area (Å²) in [6.45, 7) is 3.33. The van der Waals surface area contributed by atoms with Crippen molar-refractivity contribution >= 4 is 9.84 Å². The minimum atomic E-state index is -2.88. The first kappa shape index (κ1) is 14.9. The van der Waals surface area contributed by atoms with Crippen LogP contribution in [-0.4, -0.2) is 44.7 Å². The van der Waals surface area contributed by atoms with E-state index in [0.717, 1.165) is 19.4 Å². The highest BCUT2D eigenvalue weighted by Crippen LogP contribution is 2.36. The normalized spacial score (nSPS) is 19.6. The van der Waals surface area contributed by atoms with Crippen LogP contribution in [0.5, 0.6) is 0 Å². The Balaban J connectivity index is 2.23. The van der Waals surface area contributed by atoms with Gasteiger partial charge in [-0.2, -0.15) is 0 Å². The Kier molecular flexibility index (Phi) is 5.89. The van der Waals surface area contributed by atoms with Crippen LogP contribution in [0.15, 0.2) is 0 Å². The van der Waals surface area contributed by atoms with Crippen LogP contribution in [0.1, 0.15) is 39.0 Å². The van der Waals surface area contributed by atoms with Gasteiger partial charge in [-0.25, -0.2) is 8.42 Å². The number of hydrogen-bond acceptors (Lipinski definition) is 4. The summed E-state index contributed by atoms with van der Waals surface area (Å²) in [4.78, 5) is 0. The molecule has 0 bridgehead atoms. The predicted octanol–water partition coefficient (Wildman–Crippen LogP) is 0.953. The fourth-order valence-corrected chi connectivity index (χ4v) is 3.79. The lowest BCUT2D eigenvalue weighted by molar-refractivity contribution is 0.129. The van der Waals surface area contributed by atoms with Crippen LogP contribution in [0.25, 0.3) is 0 Å². The van der Waals surface area contributed by atoms with E-state index in [-0.39, 0.29) is 23.5 Å². The third kappa shape index (κ3) is 4.94. The molecule has 102 valence electrons. The molecule has 1 saturated carbocycles. The fraction of sp³-hybridized carbons (Fsp3) is 1.00. The third-order valence-corrected chi connectivity index (χ3v) is 5.46. The molecule has 0 aliphatic heterocycles. The second kappa shape index (κ2) is 6.71. The number of aliphatic hydroxyl groups is 1. The number of rotatable bonds is 8. The van der Waals surface area contributed by atoms with Crippen molar-refractivity contribution in [3.63, 3.8) is 0 Å². The van der Waals surface area contributed by atoms with Gasteiger partial charge in [0, 0.05) is 30.9 Å². The Morgan fingerprint density at radius 1 is 1.24 bits per heavy atom. The van der Waals surface area contributed by atoms with Crippen LogP contribution in [0, 0.1) is 5.41 Å². The minimum Gasteiger partial charge on any atom is -0.396 e. The molecule has 0 aromatic rings. The standard InChI is InChI=1S/C12H25NO3S/c1-2-8-17(15,16)9-7-13-10-12(11-14)5-3-4-6-12/h13-14H,2-11H2,1H3. The van der Waals surface area contributed by atoms with Gasteiger partial charge in [0.25, 0.3) is 0 Å². The van der Waals surface area contributed by atoms with Gasteiger partial charge in [-0.3, -0.25) is 0 Å². The van der Waals surface area contributed by atoms with Gasteiger partial charge in [0.2, 0.25) is 0 Å². The topological polar surface area (TPSA) is 66.4 Å². The molecule has 1 rings (SSSR count). The van der Waals surface area contributed by atoms with E-state index in [9.17, 15) is 13.5 Å². The van der Waals surface area contributed by atoms with Crippen LogP contribution in [0.4, 0.5) is 0 Å². The molecule has 1 aliphatic rings. The first-order chi connectivity index (χ1) is 8.04. The van der Waals surface area contributed by atoms with E-state index in [1.807, 2.05) is 6.92 Å². The SMILES string of the molecule is CCCS(=O)(=O)CCNCC1(CO)CCCC1. The van der Waals surface area contributed by atoms with Crippen molar-refractivity contribution in [3.8, 4) is 0 Å². The molecule has 5 heteroatoms. The van der Waals surface area contributed by atoms with Crippen LogP contribution in [-0.2, 0) is 9.84 Å². The van der Waals surface area contributed by atoms with E-state index in [1.54, 1.807) is 0 Å². The van der Waals surface area contributed by atoms with E-state index in [0.29, 0.717) is 13.0 Å². The van der Waals surface area contributed by atoms with Crippen molar-refractivity contribution in [2.45, 2.75) is 39.0 Å². The molecule has 0 radical (unpaired) electrons. The van der Waals surface area contributed by atoms with Crippen molar-refractivity contribution < 1.29 is 13.5 Å². The number of hydrogen-bond donors (Lipinski definition) is 2. The first-order valence-corrected chi connectivity index (χ1v) is 8.38. The van der Waals surface area contributed by atoms with Gasteiger partial charge in [-0.15, -0.1) is 0 Å². The molecule has 17 heavy (non-hydrogen) atoms. The van der Waals surface area contributed by atoms with Crippen molar-refractivity contribution in [2.24, 2.45) is 5.41 Å². The summed E-state index contributed by atoms with van der Waals surface area (Å²) in [6.07, 6.45) is 5.14. The Hall–Kier alpha value is -0.130. The molecule has 2 N–H and O–H groups in total. The van der Waals surface area contributed by atoms with Crippen molar-refractivity contribution in [3.05, 3.63) is 0 Å². The van der Waals surface area contributed by atoms with Gasteiger partial charge in [0.1, 0.15) is 0 Å². The van der Waals surface area contributed by atoms with Crippen LogP contribution in [0.3, 0.4) is 0 Å². The summed E-state index contributed by atoms with van der Waals surface area (Å²) < 4.78 is 23.0. The van der Waals surface area contributed by atoms with Crippen LogP contribution < -0.4 is 5.32 Å². The highest BCUT2D eigenvalue weighted by Gasteiger charge is 2.32. The molecule has 0 heterocycles. The molecule has 0 saturated heterocycles. The largest absolute Gasteiger partial charge is 0.396 e. The summed E-state index contributed by atoms with van der Waals surface area (Å²) in [6, 6.07) is 0. The zero-order valence-electron chi connectivity index (χ0n) is 10.7. The number of aliphatic hydroxyl groups excluding tert-OH is 1. The summed E-state index contributed by atoms with van der Waals surface area (Å²) in [7, 11) is -2.88. The van der Waals surface area contributed by atoms with Crippen molar-refractivity contribution in [1.29, 1.82) is 0 Å². The highest BCUT2D eigenvalue weighted by atomic mass is 32.2. The molecule has 1 fully saturated rings. The molecule has 0 atom stereocenters. The van der Waals surface area contributed by atoms with E-state index in [1.165, 1.54) is 12.8 Å². The summed E-state index contributed by atoms with van der Waals surface area (Å²) in [5, 5.41) is 12.6. The van der Waals surface area contributed by atoms with Gasteiger partial charge in [-0.05, 0) is 19.3 Å². The van der Waals surface area contributed by atoms with E-state index in [2.05, 4.69) is 5.32 Å². The monoisotopic (exact) mass is 263 g/mol. The third-order valence-electron chi connectivity index (χ3n) is 3.60. The van der Waals surface area contributed by atoms with E-state index in [4.69, 9.17) is 0 Å². The summed E-state index contributed by atoms with van der Waals surface area (Å²) in [5.74, 6) is 0.488. The molecule has 1 aliphatic carbocycles. The molecular formula is C12H25NO3S. The maximum atomic E-state index is 11.5. The zero-order valence-corrected chi connectivity index (χ0v) is 11.6. The van der Waals surface area contributed by atoms with Gasteiger partial charge < -0.3 is 10.4 Å². The van der Waals surface area contributed by atoms with Gasteiger partial charge in [0.15, 0.2) is 9.84 Å². The summed E-state index contributed by atoms with van der Waals surface area (Å²) >= 11 is 0. The Morgan fingerprint density at radius 3 is 2.41 bits per heavy atom. The second-order valence-electron chi connectivity index (χ2n) is 5.19. The first-order valence-electron chi connectivity index (χ1n) is 6.56. The molecule has 4 nitrogen and oxygen atoms in total. The number of nitrogens with one attached hydrogen (secondary N) is 1. The molecule has 0 unspecified atom stereocenters. The zero-order chi connectivity index (χ0) is 12.8. The second-order valence-corrected chi connectivity index (χ2v) is 7.50. The van der Waals surface area contributed by atoms with Gasteiger partial charge in [-0.1, -0.05) is 19.8 Å². The lowest BCUT2D eigenvalue weighted by Crippen LogP contribution is -2.37. The Bertz CT molecular complexity index is 308. The molecule has 0 amide bonds. The average Bonchev–Trinajstić information content (AvgIpc) is 2.74. The van der Waals surface area contributed by atoms with E-state index >= 15 is 0 Å². The maximum absolute atomic E-state index is 11.5. The Labute approximate surface area is 105 Å². The van der Waals surface area contributed by atoms with E-state index < -0.39 is 9.84 Å². The maximum Gasteiger partial charge on any atom is 0.151 e. The van der Waals surface area contributed by atoms with Crippen LogP contribution >= 0.6 is 0 Å². The van der Waals surface area contributed by atoms with Crippen molar-refractivity contribution in [2.75, 3.05) is 31.2 Å². The molecule has 0 aromatic carbocycles. The predicted molar refractivity (Wildman–Crippen MR) is 69.8 cm³/mol. The molecule has 0 aromatic heterocycles. The smallest absolute Gasteiger partial charge is 0.151 e.